The van der Waals surface area contributed by atoms with Crippen LogP contribution in [0, 0.1) is 13.8 Å². The standard InChI is InChI=1S/C18H17N3O4/c1-10-9-13(14-11(2)21-25-17(14)19-10)16(22)20-15(18(23)24-3)12-7-5-4-6-8-12/h4-9,15H,1-3H3,(H,20,22). The van der Waals surface area contributed by atoms with E-state index in [1.807, 2.05) is 6.07 Å². The number of benzene rings is 1. The molecule has 0 bridgehead atoms. The van der Waals surface area contributed by atoms with Crippen LogP contribution >= 0.6 is 0 Å². The Morgan fingerprint density at radius 1 is 1.20 bits per heavy atom. The van der Waals surface area contributed by atoms with E-state index < -0.39 is 17.9 Å². The van der Waals surface area contributed by atoms with Crippen molar-refractivity contribution in [2.45, 2.75) is 19.9 Å². The number of aromatic nitrogens is 2. The normalized spacial score (nSPS) is 12.0. The summed E-state index contributed by atoms with van der Waals surface area (Å²) in [6, 6.07) is 9.63. The van der Waals surface area contributed by atoms with Crippen molar-refractivity contribution in [2.75, 3.05) is 7.11 Å². The quantitative estimate of drug-likeness (QED) is 0.734. The number of hydrogen-bond donors (Lipinski definition) is 1. The van der Waals surface area contributed by atoms with Crippen molar-refractivity contribution in [1.29, 1.82) is 0 Å². The molecule has 1 unspecified atom stereocenters. The fraction of sp³-hybridized carbons (Fsp3) is 0.222. The average Bonchev–Trinajstić information content (AvgIpc) is 2.99. The molecule has 0 aliphatic rings. The topological polar surface area (TPSA) is 94.3 Å². The molecule has 7 heteroatoms. The number of carbonyl (C=O) groups excluding carboxylic acids is 2. The first-order valence-electron chi connectivity index (χ1n) is 7.68. The lowest BCUT2D eigenvalue weighted by molar-refractivity contribution is -0.143. The van der Waals surface area contributed by atoms with Gasteiger partial charge in [0.15, 0.2) is 6.04 Å². The number of ether oxygens (including phenoxy) is 1. The molecule has 0 saturated carbocycles. The summed E-state index contributed by atoms with van der Waals surface area (Å²) < 4.78 is 9.97. The minimum absolute atomic E-state index is 0.289. The summed E-state index contributed by atoms with van der Waals surface area (Å²) >= 11 is 0. The number of rotatable bonds is 4. The summed E-state index contributed by atoms with van der Waals surface area (Å²) in [4.78, 5) is 29.2. The third kappa shape index (κ3) is 3.21. The van der Waals surface area contributed by atoms with Crippen LogP contribution in [-0.2, 0) is 9.53 Å². The van der Waals surface area contributed by atoms with E-state index in [2.05, 4.69) is 15.5 Å². The number of fused-ring (bicyclic) bond motifs is 1. The van der Waals surface area contributed by atoms with Crippen LogP contribution in [0.1, 0.15) is 33.4 Å². The van der Waals surface area contributed by atoms with E-state index in [4.69, 9.17) is 9.26 Å². The van der Waals surface area contributed by atoms with Gasteiger partial charge in [-0.2, -0.15) is 0 Å². The summed E-state index contributed by atoms with van der Waals surface area (Å²) in [5.74, 6) is -0.982. The third-order valence-electron chi connectivity index (χ3n) is 3.84. The van der Waals surface area contributed by atoms with Crippen molar-refractivity contribution in [3.8, 4) is 0 Å². The lowest BCUT2D eigenvalue weighted by Gasteiger charge is -2.17. The van der Waals surface area contributed by atoms with Crippen molar-refractivity contribution >= 4 is 23.0 Å². The van der Waals surface area contributed by atoms with Gasteiger partial charge in [-0.25, -0.2) is 9.78 Å². The first-order valence-corrected chi connectivity index (χ1v) is 7.68. The predicted octanol–water partition coefficient (Wildman–Crippen LogP) is 2.48. The Balaban J connectivity index is 2.00. The molecule has 128 valence electrons. The molecule has 0 aliphatic carbocycles. The Kier molecular flexibility index (Phi) is 4.47. The molecule has 25 heavy (non-hydrogen) atoms. The molecule has 0 aliphatic heterocycles. The van der Waals surface area contributed by atoms with Crippen molar-refractivity contribution < 1.29 is 18.8 Å². The fourth-order valence-electron chi connectivity index (χ4n) is 2.65. The Morgan fingerprint density at radius 2 is 1.92 bits per heavy atom. The molecular weight excluding hydrogens is 322 g/mol. The highest BCUT2D eigenvalue weighted by molar-refractivity contribution is 6.07. The van der Waals surface area contributed by atoms with E-state index >= 15 is 0 Å². The maximum atomic E-state index is 12.8. The van der Waals surface area contributed by atoms with Gasteiger partial charge >= 0.3 is 5.97 Å². The molecule has 3 aromatic rings. The van der Waals surface area contributed by atoms with Gasteiger partial charge in [0.2, 0.25) is 0 Å². The largest absolute Gasteiger partial charge is 0.467 e. The van der Waals surface area contributed by atoms with Gasteiger partial charge in [0.25, 0.3) is 11.6 Å². The molecule has 0 spiro atoms. The first kappa shape index (κ1) is 16.6. The van der Waals surface area contributed by atoms with Crippen LogP contribution in [0.2, 0.25) is 0 Å². The molecule has 0 radical (unpaired) electrons. The minimum Gasteiger partial charge on any atom is -0.467 e. The van der Waals surface area contributed by atoms with Crippen molar-refractivity contribution in [1.82, 2.24) is 15.5 Å². The van der Waals surface area contributed by atoms with Gasteiger partial charge in [0.05, 0.1) is 23.8 Å². The smallest absolute Gasteiger partial charge is 0.333 e. The third-order valence-corrected chi connectivity index (χ3v) is 3.84. The molecule has 7 nitrogen and oxygen atoms in total. The van der Waals surface area contributed by atoms with Gasteiger partial charge in [-0.3, -0.25) is 4.79 Å². The number of methoxy groups -OCH3 is 1. The maximum absolute atomic E-state index is 12.8. The van der Waals surface area contributed by atoms with E-state index in [1.54, 1.807) is 44.2 Å². The monoisotopic (exact) mass is 339 g/mol. The number of nitrogens with one attached hydrogen (secondary N) is 1. The van der Waals surface area contributed by atoms with E-state index in [-0.39, 0.29) is 5.71 Å². The molecule has 1 atom stereocenters. The molecule has 1 N–H and O–H groups in total. The van der Waals surface area contributed by atoms with E-state index in [1.165, 1.54) is 7.11 Å². The van der Waals surface area contributed by atoms with Crippen LogP contribution in [0.25, 0.3) is 11.1 Å². The highest BCUT2D eigenvalue weighted by Gasteiger charge is 2.26. The highest BCUT2D eigenvalue weighted by Crippen LogP contribution is 2.23. The zero-order valence-electron chi connectivity index (χ0n) is 14.1. The Hall–Kier alpha value is -3.22. The first-order chi connectivity index (χ1) is 12.0. The number of hydrogen-bond acceptors (Lipinski definition) is 6. The SMILES string of the molecule is COC(=O)C(NC(=O)c1cc(C)nc2onc(C)c12)c1ccccc1. The van der Waals surface area contributed by atoms with Gasteiger partial charge in [-0.1, -0.05) is 35.5 Å². The fourth-order valence-corrected chi connectivity index (χ4v) is 2.65. The van der Waals surface area contributed by atoms with Crippen molar-refractivity contribution in [3.05, 3.63) is 58.9 Å². The molecular formula is C18H17N3O4. The Morgan fingerprint density at radius 3 is 2.60 bits per heavy atom. The van der Waals surface area contributed by atoms with Gasteiger partial charge in [-0.15, -0.1) is 0 Å². The number of nitrogens with zero attached hydrogens (tertiary/aromatic N) is 2. The molecule has 1 aromatic carbocycles. The molecule has 2 heterocycles. The van der Waals surface area contributed by atoms with Crippen LogP contribution in [0.5, 0.6) is 0 Å². The number of amides is 1. The number of aryl methyl sites for hydroxylation is 2. The van der Waals surface area contributed by atoms with Crippen LogP contribution < -0.4 is 5.32 Å². The second kappa shape index (κ2) is 6.72. The van der Waals surface area contributed by atoms with Gasteiger partial charge in [0, 0.05) is 5.69 Å². The van der Waals surface area contributed by atoms with Crippen LogP contribution in [0.15, 0.2) is 40.9 Å². The summed E-state index contributed by atoms with van der Waals surface area (Å²) in [7, 11) is 1.28. The maximum Gasteiger partial charge on any atom is 0.333 e. The predicted molar refractivity (Wildman–Crippen MR) is 89.9 cm³/mol. The Bertz CT molecular complexity index is 934. The van der Waals surface area contributed by atoms with Crippen LogP contribution in [0.4, 0.5) is 0 Å². The van der Waals surface area contributed by atoms with E-state index in [0.717, 1.165) is 0 Å². The Labute approximate surface area is 144 Å². The lowest BCUT2D eigenvalue weighted by Crippen LogP contribution is -2.34. The summed E-state index contributed by atoms with van der Waals surface area (Å²) in [6.45, 7) is 3.48. The summed E-state index contributed by atoms with van der Waals surface area (Å²) in [6.07, 6.45) is 0. The molecule has 0 fully saturated rings. The molecule has 2 aromatic heterocycles. The van der Waals surface area contributed by atoms with E-state index in [0.29, 0.717) is 27.9 Å². The minimum atomic E-state index is -0.914. The van der Waals surface area contributed by atoms with Gasteiger partial charge < -0.3 is 14.6 Å². The number of esters is 1. The van der Waals surface area contributed by atoms with Gasteiger partial charge in [-0.05, 0) is 25.5 Å². The van der Waals surface area contributed by atoms with Crippen LogP contribution in [0.3, 0.4) is 0 Å². The summed E-state index contributed by atoms with van der Waals surface area (Å²) in [5, 5.41) is 7.11. The van der Waals surface area contributed by atoms with Crippen molar-refractivity contribution in [2.24, 2.45) is 0 Å². The molecule has 0 saturated heterocycles. The summed E-state index contributed by atoms with van der Waals surface area (Å²) in [5.41, 5.74) is 2.44. The van der Waals surface area contributed by atoms with E-state index in [9.17, 15) is 9.59 Å². The number of carbonyl (C=O) groups is 2. The lowest BCUT2D eigenvalue weighted by atomic mass is 10.0. The van der Waals surface area contributed by atoms with Crippen molar-refractivity contribution in [3.63, 3.8) is 0 Å². The second-order valence-electron chi connectivity index (χ2n) is 5.60. The van der Waals surface area contributed by atoms with Gasteiger partial charge in [0.1, 0.15) is 0 Å². The second-order valence-corrected chi connectivity index (χ2v) is 5.60. The zero-order valence-corrected chi connectivity index (χ0v) is 14.1. The highest BCUT2D eigenvalue weighted by atomic mass is 16.5. The average molecular weight is 339 g/mol. The number of pyridine rings is 1. The molecule has 1 amide bonds. The van der Waals surface area contributed by atoms with Crippen LogP contribution in [-0.4, -0.2) is 29.1 Å². The molecule has 3 rings (SSSR count). The zero-order chi connectivity index (χ0) is 18.0.